The Morgan fingerprint density at radius 2 is 1.62 bits per heavy atom. The second kappa shape index (κ2) is 22.8. The number of nitrogens with zero attached hydrogens (tertiary/aromatic N) is 1. The van der Waals surface area contributed by atoms with E-state index in [4.69, 9.17) is 10.1 Å². The highest BCUT2D eigenvalue weighted by Gasteiger charge is 2.06. The number of ether oxygens (including phenoxy) is 1. The predicted octanol–water partition coefficient (Wildman–Crippen LogP) is 8.85. The van der Waals surface area contributed by atoms with Crippen LogP contribution in [0.15, 0.2) is 54.3 Å². The van der Waals surface area contributed by atoms with Crippen molar-refractivity contribution in [3.63, 3.8) is 0 Å². The van der Waals surface area contributed by atoms with Gasteiger partial charge in [-0.1, -0.05) is 71.9 Å². The lowest BCUT2D eigenvalue weighted by atomic mass is 10.2. The normalized spacial score (nSPS) is 9.72. The number of benzene rings is 1. The molecule has 0 saturated heterocycles. The van der Waals surface area contributed by atoms with Crippen molar-refractivity contribution < 1.29 is 17.9 Å². The monoisotopic (exact) mass is 452 g/mol. The van der Waals surface area contributed by atoms with E-state index >= 15 is 0 Å². The molecule has 0 saturated carbocycles. The zero-order chi connectivity index (χ0) is 25.5. The van der Waals surface area contributed by atoms with Gasteiger partial charge in [-0.25, -0.2) is 13.2 Å². The first-order valence-corrected chi connectivity index (χ1v) is 10.8. The number of allylic oxidation sites excluding steroid dienone is 3. The molecule has 2 rings (SSSR count). The molecular formula is C26H39F3N2O. The van der Waals surface area contributed by atoms with Gasteiger partial charge >= 0.3 is 0 Å². The first kappa shape index (κ1) is 33.7. The Balaban J connectivity index is -0.000000451. The molecular weight excluding hydrogens is 413 g/mol. The van der Waals surface area contributed by atoms with Gasteiger partial charge in [0.15, 0.2) is 11.6 Å². The summed E-state index contributed by atoms with van der Waals surface area (Å²) in [6.45, 7) is 15.7. The molecule has 1 N–H and O–H groups in total. The molecule has 2 aromatic rings. The molecule has 180 valence electrons. The number of rotatable bonds is 5. The fourth-order valence-electron chi connectivity index (χ4n) is 1.77. The quantitative estimate of drug-likeness (QED) is 0.364. The molecule has 0 atom stereocenters. The van der Waals surface area contributed by atoms with Crippen LogP contribution in [0.5, 0.6) is 5.75 Å². The standard InChI is InChI=1S/C12H12F2N2.C8H9FO.3C2H6/c1-9(7-15)3-2-4-10-5-6-11(12(13)14)16-8-10;1-6-3-4-7(9)8(5-6)10-2;3*1-2/h2-8,12,15H,1H3;3-5H,1-2H3;3*1-2H3/b4-2+,9-3-,15-7?;;;;. The number of pyridine rings is 1. The number of halogens is 3. The third-order valence-electron chi connectivity index (χ3n) is 3.21. The summed E-state index contributed by atoms with van der Waals surface area (Å²) in [6.07, 6.45) is 5.36. The van der Waals surface area contributed by atoms with Crippen LogP contribution in [-0.2, 0) is 0 Å². The van der Waals surface area contributed by atoms with Gasteiger partial charge in [0, 0.05) is 12.4 Å². The molecule has 0 spiro atoms. The van der Waals surface area contributed by atoms with Crippen LogP contribution in [0.1, 0.15) is 71.7 Å². The maximum Gasteiger partial charge on any atom is 0.280 e. The van der Waals surface area contributed by atoms with E-state index in [-0.39, 0.29) is 11.5 Å². The van der Waals surface area contributed by atoms with E-state index in [0.29, 0.717) is 5.75 Å². The maximum atomic E-state index is 12.6. The van der Waals surface area contributed by atoms with Crippen molar-refractivity contribution in [3.8, 4) is 5.75 Å². The highest BCUT2D eigenvalue weighted by atomic mass is 19.3. The Morgan fingerprint density at radius 1 is 1.03 bits per heavy atom. The third kappa shape index (κ3) is 15.9. The molecule has 0 radical (unpaired) electrons. The minimum absolute atomic E-state index is 0.219. The molecule has 0 unspecified atom stereocenters. The molecule has 32 heavy (non-hydrogen) atoms. The Morgan fingerprint density at radius 3 is 2.03 bits per heavy atom. The van der Waals surface area contributed by atoms with Gasteiger partial charge in [0.05, 0.1) is 7.11 Å². The number of aromatic nitrogens is 1. The number of hydrogen-bond donors (Lipinski definition) is 1. The summed E-state index contributed by atoms with van der Waals surface area (Å²) >= 11 is 0. The Labute approximate surface area is 192 Å². The molecule has 3 nitrogen and oxygen atoms in total. The summed E-state index contributed by atoms with van der Waals surface area (Å²) in [6, 6.07) is 7.65. The lowest BCUT2D eigenvalue weighted by Crippen LogP contribution is -1.88. The van der Waals surface area contributed by atoms with Gasteiger partial charge < -0.3 is 10.1 Å². The van der Waals surface area contributed by atoms with E-state index in [9.17, 15) is 13.2 Å². The molecule has 1 aromatic heterocycles. The van der Waals surface area contributed by atoms with Crippen LogP contribution in [0, 0.1) is 18.2 Å². The number of methoxy groups -OCH3 is 1. The first-order valence-electron chi connectivity index (χ1n) is 10.8. The van der Waals surface area contributed by atoms with Crippen LogP contribution < -0.4 is 4.74 Å². The van der Waals surface area contributed by atoms with Crippen LogP contribution in [0.4, 0.5) is 13.2 Å². The number of hydrogen-bond acceptors (Lipinski definition) is 3. The summed E-state index contributed by atoms with van der Waals surface area (Å²) in [5, 5.41) is 6.94. The molecule has 1 heterocycles. The van der Waals surface area contributed by atoms with Crippen molar-refractivity contribution in [3.05, 3.63) is 76.9 Å². The minimum atomic E-state index is -2.53. The van der Waals surface area contributed by atoms with Crippen LogP contribution in [0.25, 0.3) is 6.08 Å². The van der Waals surface area contributed by atoms with Crippen LogP contribution in [-0.4, -0.2) is 18.3 Å². The molecule has 6 heteroatoms. The van der Waals surface area contributed by atoms with Crippen molar-refractivity contribution >= 4 is 12.3 Å². The van der Waals surface area contributed by atoms with Crippen LogP contribution in [0.2, 0.25) is 0 Å². The fraction of sp³-hybridized carbons (Fsp3) is 0.385. The van der Waals surface area contributed by atoms with Gasteiger partial charge in [0.1, 0.15) is 5.69 Å². The fourth-order valence-corrected chi connectivity index (χ4v) is 1.77. The third-order valence-corrected chi connectivity index (χ3v) is 3.21. The summed E-state index contributed by atoms with van der Waals surface area (Å²) in [4.78, 5) is 3.63. The molecule has 0 aliphatic rings. The van der Waals surface area contributed by atoms with Crippen molar-refractivity contribution in [2.45, 2.75) is 61.8 Å². The molecule has 0 fully saturated rings. The zero-order valence-electron chi connectivity index (χ0n) is 20.8. The highest BCUT2D eigenvalue weighted by Crippen LogP contribution is 2.17. The molecule has 0 amide bonds. The van der Waals surface area contributed by atoms with Gasteiger partial charge in [-0.2, -0.15) is 0 Å². The number of alkyl halides is 2. The van der Waals surface area contributed by atoms with Gasteiger partial charge in [0.25, 0.3) is 6.43 Å². The van der Waals surface area contributed by atoms with Gasteiger partial charge in [-0.3, -0.25) is 4.98 Å². The topological polar surface area (TPSA) is 46.0 Å². The first-order chi connectivity index (χ1) is 15.4. The summed E-state index contributed by atoms with van der Waals surface area (Å²) in [5.41, 5.74) is 2.34. The van der Waals surface area contributed by atoms with Gasteiger partial charge in [-0.15, -0.1) is 0 Å². The van der Waals surface area contributed by atoms with E-state index < -0.39 is 6.43 Å². The molecule has 0 aliphatic carbocycles. The second-order valence-electron chi connectivity index (χ2n) is 5.37. The zero-order valence-corrected chi connectivity index (χ0v) is 20.8. The van der Waals surface area contributed by atoms with Crippen molar-refractivity contribution in [2.75, 3.05) is 7.11 Å². The van der Waals surface area contributed by atoms with E-state index in [0.717, 1.165) is 16.7 Å². The number of nitrogens with one attached hydrogen (secondary N) is 1. The van der Waals surface area contributed by atoms with Crippen molar-refractivity contribution in [2.24, 2.45) is 0 Å². The average molecular weight is 453 g/mol. The maximum absolute atomic E-state index is 12.6. The van der Waals surface area contributed by atoms with Gasteiger partial charge in [-0.05, 0) is 48.7 Å². The van der Waals surface area contributed by atoms with Crippen molar-refractivity contribution in [1.29, 1.82) is 5.41 Å². The summed E-state index contributed by atoms with van der Waals surface area (Å²) in [5.74, 6) is -0.00639. The van der Waals surface area contributed by atoms with E-state index in [1.165, 1.54) is 31.7 Å². The van der Waals surface area contributed by atoms with E-state index in [1.54, 1.807) is 43.4 Å². The van der Waals surface area contributed by atoms with E-state index in [2.05, 4.69) is 4.98 Å². The van der Waals surface area contributed by atoms with Crippen molar-refractivity contribution in [1.82, 2.24) is 4.98 Å². The summed E-state index contributed by atoms with van der Waals surface area (Å²) < 4.78 is 41.8. The number of aryl methyl sites for hydroxylation is 1. The Bertz CT molecular complexity index is 771. The molecule has 1 aromatic carbocycles. The lowest BCUT2D eigenvalue weighted by Gasteiger charge is -2.00. The van der Waals surface area contributed by atoms with Gasteiger partial charge in [0.2, 0.25) is 0 Å². The largest absolute Gasteiger partial charge is 0.494 e. The summed E-state index contributed by atoms with van der Waals surface area (Å²) in [7, 11) is 1.46. The van der Waals surface area contributed by atoms with E-state index in [1.807, 2.05) is 48.5 Å². The minimum Gasteiger partial charge on any atom is -0.494 e. The second-order valence-corrected chi connectivity index (χ2v) is 5.37. The highest BCUT2D eigenvalue weighted by molar-refractivity contribution is 5.75. The Kier molecular flexibility index (Phi) is 24.0. The van der Waals surface area contributed by atoms with Crippen LogP contribution in [0.3, 0.4) is 0 Å². The Hall–Kier alpha value is -2.89. The lowest BCUT2D eigenvalue weighted by molar-refractivity contribution is 0.146. The molecule has 0 aliphatic heterocycles. The SMILES string of the molecule is C/C(C=N)=C/C=C/c1ccc(C(F)F)nc1.CC.CC.CC.COc1cc(C)ccc1F. The van der Waals surface area contributed by atoms with Crippen LogP contribution >= 0.6 is 0 Å². The average Bonchev–Trinajstić information content (AvgIpc) is 2.85. The predicted molar refractivity (Wildman–Crippen MR) is 133 cm³/mol. The molecule has 0 bridgehead atoms. The smallest absolute Gasteiger partial charge is 0.280 e.